The second-order valence-electron chi connectivity index (χ2n) is 4.92. The van der Waals surface area contributed by atoms with Gasteiger partial charge in [-0.05, 0) is 12.5 Å². The maximum atomic E-state index is 13.8. The second kappa shape index (κ2) is 4.96. The van der Waals surface area contributed by atoms with Crippen LogP contribution in [-0.2, 0) is 9.47 Å². The highest BCUT2D eigenvalue weighted by atomic mass is 19.1. The first-order valence-electron chi connectivity index (χ1n) is 6.55. The number of ether oxygens (including phenoxy) is 2. The minimum absolute atomic E-state index is 0.0541. The van der Waals surface area contributed by atoms with Crippen LogP contribution in [0.5, 0.6) is 0 Å². The van der Waals surface area contributed by atoms with Crippen LogP contribution in [0.3, 0.4) is 0 Å². The van der Waals surface area contributed by atoms with Crippen LogP contribution in [0.25, 0.3) is 0 Å². The number of hydrogen-bond donors (Lipinski definition) is 1. The van der Waals surface area contributed by atoms with Crippen molar-refractivity contribution in [2.24, 2.45) is 0 Å². The Balaban J connectivity index is 1.74. The van der Waals surface area contributed by atoms with E-state index in [4.69, 9.17) is 9.47 Å². The van der Waals surface area contributed by atoms with Gasteiger partial charge in [-0.2, -0.15) is 0 Å². The molecule has 4 heteroatoms. The first-order chi connectivity index (χ1) is 8.79. The van der Waals surface area contributed by atoms with Gasteiger partial charge in [0.15, 0.2) is 5.79 Å². The van der Waals surface area contributed by atoms with Crippen molar-refractivity contribution >= 4 is 0 Å². The van der Waals surface area contributed by atoms with E-state index in [1.807, 2.05) is 12.1 Å². The fraction of sp³-hybridized carbons (Fsp3) is 0.571. The minimum Gasteiger partial charge on any atom is -0.347 e. The molecule has 1 aromatic carbocycles. The average molecular weight is 251 g/mol. The molecule has 2 saturated heterocycles. The van der Waals surface area contributed by atoms with Crippen molar-refractivity contribution in [3.8, 4) is 0 Å². The van der Waals surface area contributed by atoms with Crippen molar-refractivity contribution in [2.45, 2.75) is 31.1 Å². The van der Waals surface area contributed by atoms with Gasteiger partial charge in [-0.3, -0.25) is 0 Å². The summed E-state index contributed by atoms with van der Waals surface area (Å²) in [4.78, 5) is 0. The molecule has 1 N–H and O–H groups in total. The lowest BCUT2D eigenvalue weighted by molar-refractivity contribution is -0.163. The van der Waals surface area contributed by atoms with E-state index in [9.17, 15) is 4.39 Å². The Kier molecular flexibility index (Phi) is 3.33. The van der Waals surface area contributed by atoms with Crippen LogP contribution in [0.2, 0.25) is 0 Å². The standard InChI is InChI=1S/C14H18FNO2/c15-12-4-2-1-3-11(12)13-5-6-14(7-8-16-13)17-9-10-18-14/h1-4,13,16H,5-10H2/t13-/m1/s1. The maximum absolute atomic E-state index is 13.8. The lowest BCUT2D eigenvalue weighted by atomic mass is 9.99. The zero-order valence-corrected chi connectivity index (χ0v) is 10.3. The molecule has 0 radical (unpaired) electrons. The monoisotopic (exact) mass is 251 g/mol. The number of benzene rings is 1. The highest BCUT2D eigenvalue weighted by Crippen LogP contribution is 2.34. The van der Waals surface area contributed by atoms with E-state index >= 15 is 0 Å². The SMILES string of the molecule is Fc1ccccc1[C@H]1CCC2(CCN1)OCCO2. The van der Waals surface area contributed by atoms with Crippen molar-refractivity contribution in [1.29, 1.82) is 0 Å². The molecule has 0 saturated carbocycles. The molecular weight excluding hydrogens is 233 g/mol. The van der Waals surface area contributed by atoms with Crippen LogP contribution in [0.1, 0.15) is 30.9 Å². The first-order valence-corrected chi connectivity index (χ1v) is 6.55. The summed E-state index contributed by atoms with van der Waals surface area (Å²) in [6, 6.07) is 7.02. The molecule has 3 rings (SSSR count). The first kappa shape index (κ1) is 12.1. The molecule has 2 aliphatic rings. The second-order valence-corrected chi connectivity index (χ2v) is 4.92. The molecule has 0 unspecified atom stereocenters. The van der Waals surface area contributed by atoms with Crippen LogP contribution in [0, 0.1) is 5.82 Å². The fourth-order valence-corrected chi connectivity index (χ4v) is 2.84. The smallest absolute Gasteiger partial charge is 0.169 e. The van der Waals surface area contributed by atoms with Gasteiger partial charge in [0, 0.05) is 31.0 Å². The van der Waals surface area contributed by atoms with E-state index < -0.39 is 5.79 Å². The Labute approximate surface area is 106 Å². The van der Waals surface area contributed by atoms with E-state index in [1.165, 1.54) is 6.07 Å². The molecule has 98 valence electrons. The highest BCUT2D eigenvalue weighted by Gasteiger charge is 2.38. The third-order valence-electron chi connectivity index (χ3n) is 3.80. The van der Waals surface area contributed by atoms with Crippen molar-refractivity contribution in [2.75, 3.05) is 19.8 Å². The molecule has 3 nitrogen and oxygen atoms in total. The summed E-state index contributed by atoms with van der Waals surface area (Å²) in [7, 11) is 0. The van der Waals surface area contributed by atoms with Gasteiger partial charge in [-0.15, -0.1) is 0 Å². The van der Waals surface area contributed by atoms with Gasteiger partial charge in [-0.1, -0.05) is 18.2 Å². The van der Waals surface area contributed by atoms with Gasteiger partial charge in [0.05, 0.1) is 13.2 Å². The Bertz CT molecular complexity index is 418. The van der Waals surface area contributed by atoms with E-state index in [0.29, 0.717) is 13.2 Å². The lowest BCUT2D eigenvalue weighted by Gasteiger charge is -2.25. The molecular formula is C14H18FNO2. The minimum atomic E-state index is -0.424. The molecule has 0 bridgehead atoms. The van der Waals surface area contributed by atoms with Gasteiger partial charge in [0.1, 0.15) is 5.82 Å². The number of rotatable bonds is 1. The van der Waals surface area contributed by atoms with Gasteiger partial charge in [0.2, 0.25) is 0 Å². The zero-order chi connectivity index (χ0) is 12.4. The quantitative estimate of drug-likeness (QED) is 0.831. The summed E-state index contributed by atoms with van der Waals surface area (Å²) in [5.74, 6) is -0.563. The molecule has 1 spiro atoms. The molecule has 0 amide bonds. The van der Waals surface area contributed by atoms with Gasteiger partial charge >= 0.3 is 0 Å². The third-order valence-corrected chi connectivity index (χ3v) is 3.80. The predicted octanol–water partition coefficient (Wildman–Crippen LogP) is 2.38. The summed E-state index contributed by atoms with van der Waals surface area (Å²) in [5, 5.41) is 3.39. The summed E-state index contributed by atoms with van der Waals surface area (Å²) in [6.07, 6.45) is 2.48. The van der Waals surface area contributed by atoms with Gasteiger partial charge < -0.3 is 14.8 Å². The zero-order valence-electron chi connectivity index (χ0n) is 10.3. The Morgan fingerprint density at radius 1 is 1.17 bits per heavy atom. The Morgan fingerprint density at radius 3 is 2.72 bits per heavy atom. The largest absolute Gasteiger partial charge is 0.347 e. The fourth-order valence-electron chi connectivity index (χ4n) is 2.84. The van der Waals surface area contributed by atoms with Crippen molar-refractivity contribution < 1.29 is 13.9 Å². The van der Waals surface area contributed by atoms with Crippen molar-refractivity contribution in [1.82, 2.24) is 5.32 Å². The summed E-state index contributed by atoms with van der Waals surface area (Å²) < 4.78 is 25.2. The molecule has 0 aliphatic carbocycles. The van der Waals surface area contributed by atoms with Crippen LogP contribution in [0.4, 0.5) is 4.39 Å². The van der Waals surface area contributed by atoms with Crippen molar-refractivity contribution in [3.63, 3.8) is 0 Å². The van der Waals surface area contributed by atoms with E-state index in [-0.39, 0.29) is 11.9 Å². The summed E-state index contributed by atoms with van der Waals surface area (Å²) in [5.41, 5.74) is 0.743. The Morgan fingerprint density at radius 2 is 1.94 bits per heavy atom. The Hall–Kier alpha value is -0.970. The molecule has 1 aromatic rings. The van der Waals surface area contributed by atoms with Gasteiger partial charge in [0.25, 0.3) is 0 Å². The highest BCUT2D eigenvalue weighted by molar-refractivity contribution is 5.21. The maximum Gasteiger partial charge on any atom is 0.169 e. The molecule has 2 aliphatic heterocycles. The molecule has 2 heterocycles. The molecule has 0 aromatic heterocycles. The summed E-state index contributed by atoms with van der Waals surface area (Å²) in [6.45, 7) is 2.13. The number of halogens is 1. The normalized spacial score (nSPS) is 27.3. The molecule has 2 fully saturated rings. The van der Waals surface area contributed by atoms with E-state index in [0.717, 1.165) is 31.4 Å². The molecule has 1 atom stereocenters. The topological polar surface area (TPSA) is 30.5 Å². The van der Waals surface area contributed by atoms with Crippen LogP contribution in [0.15, 0.2) is 24.3 Å². The lowest BCUT2D eigenvalue weighted by Crippen LogP contribution is -2.31. The number of hydrogen-bond acceptors (Lipinski definition) is 3. The van der Waals surface area contributed by atoms with Crippen LogP contribution >= 0.6 is 0 Å². The third kappa shape index (κ3) is 2.28. The summed E-state index contributed by atoms with van der Waals surface area (Å²) >= 11 is 0. The van der Waals surface area contributed by atoms with E-state index in [2.05, 4.69) is 5.32 Å². The van der Waals surface area contributed by atoms with Crippen LogP contribution < -0.4 is 5.32 Å². The average Bonchev–Trinajstić information content (AvgIpc) is 2.73. The predicted molar refractivity (Wildman–Crippen MR) is 65.6 cm³/mol. The van der Waals surface area contributed by atoms with E-state index in [1.54, 1.807) is 6.07 Å². The molecule has 18 heavy (non-hydrogen) atoms. The van der Waals surface area contributed by atoms with Crippen molar-refractivity contribution in [3.05, 3.63) is 35.6 Å². The number of nitrogens with one attached hydrogen (secondary N) is 1. The van der Waals surface area contributed by atoms with Gasteiger partial charge in [-0.25, -0.2) is 4.39 Å². The van der Waals surface area contributed by atoms with Crippen LogP contribution in [-0.4, -0.2) is 25.5 Å².